The first-order valence-electron chi connectivity index (χ1n) is 7.53. The molecule has 0 bridgehead atoms. The van der Waals surface area contributed by atoms with Crippen molar-refractivity contribution in [3.05, 3.63) is 30.1 Å². The molecule has 0 saturated carbocycles. The van der Waals surface area contributed by atoms with Crippen LogP contribution in [0.3, 0.4) is 0 Å². The predicted molar refractivity (Wildman–Crippen MR) is 79.5 cm³/mol. The number of carbonyl (C=O) groups excluding carboxylic acids is 1. The highest BCUT2D eigenvalue weighted by atomic mass is 19.1. The van der Waals surface area contributed by atoms with Gasteiger partial charge in [-0.05, 0) is 18.6 Å². The molecule has 1 aromatic carbocycles. The van der Waals surface area contributed by atoms with Crippen LogP contribution in [0.1, 0.15) is 26.2 Å². The second-order valence-corrected chi connectivity index (χ2v) is 5.61. The molecule has 2 rings (SSSR count). The summed E-state index contributed by atoms with van der Waals surface area (Å²) in [5, 5.41) is 18.9. The number of aliphatic carboxylic acids is 1. The zero-order valence-electron chi connectivity index (χ0n) is 12.9. The molecule has 23 heavy (non-hydrogen) atoms. The molecule has 126 valence electrons. The summed E-state index contributed by atoms with van der Waals surface area (Å²) in [5.74, 6) is -2.15. The first-order chi connectivity index (χ1) is 10.9. The normalized spacial score (nSPS) is 18.3. The topological polar surface area (TPSA) is 87.1 Å². The van der Waals surface area contributed by atoms with E-state index in [9.17, 15) is 19.1 Å². The van der Waals surface area contributed by atoms with Gasteiger partial charge >= 0.3 is 5.97 Å². The van der Waals surface area contributed by atoms with Crippen molar-refractivity contribution in [2.45, 2.75) is 37.9 Å². The molecule has 0 radical (unpaired) electrons. The van der Waals surface area contributed by atoms with Gasteiger partial charge in [-0.15, -0.1) is 0 Å². The average Bonchev–Trinajstić information content (AvgIpc) is 2.54. The van der Waals surface area contributed by atoms with E-state index in [0.717, 1.165) is 0 Å². The minimum Gasteiger partial charge on any atom is -0.479 e. The van der Waals surface area contributed by atoms with Gasteiger partial charge in [0, 0.05) is 25.9 Å². The lowest BCUT2D eigenvalue weighted by Gasteiger charge is -2.36. The number of likely N-dealkylation sites (tertiary alicyclic amines) is 1. The van der Waals surface area contributed by atoms with E-state index >= 15 is 0 Å². The van der Waals surface area contributed by atoms with Crippen molar-refractivity contribution in [2.24, 2.45) is 0 Å². The van der Waals surface area contributed by atoms with E-state index in [1.165, 1.54) is 23.1 Å². The van der Waals surface area contributed by atoms with Crippen LogP contribution in [0, 0.1) is 5.82 Å². The summed E-state index contributed by atoms with van der Waals surface area (Å²) in [5.41, 5.74) is -1.79. The monoisotopic (exact) mass is 325 g/mol. The highest BCUT2D eigenvalue weighted by Gasteiger charge is 2.41. The number of piperidine rings is 1. The molecule has 0 aliphatic carbocycles. The molecule has 1 aliphatic heterocycles. The number of hydrogen-bond acceptors (Lipinski definition) is 4. The van der Waals surface area contributed by atoms with Crippen molar-refractivity contribution in [1.82, 2.24) is 4.90 Å². The minimum absolute atomic E-state index is 0.00625. The number of aliphatic hydroxyl groups is 1. The van der Waals surface area contributed by atoms with E-state index in [0.29, 0.717) is 6.42 Å². The highest BCUT2D eigenvalue weighted by Crippen LogP contribution is 2.24. The van der Waals surface area contributed by atoms with E-state index < -0.39 is 23.5 Å². The fourth-order valence-corrected chi connectivity index (χ4v) is 2.52. The molecule has 1 atom stereocenters. The van der Waals surface area contributed by atoms with Crippen molar-refractivity contribution in [3.63, 3.8) is 0 Å². The number of amides is 1. The zero-order chi connectivity index (χ0) is 17.0. The van der Waals surface area contributed by atoms with Gasteiger partial charge in [0.1, 0.15) is 0 Å². The van der Waals surface area contributed by atoms with Crippen molar-refractivity contribution < 1.29 is 28.9 Å². The Hall–Kier alpha value is -2.15. The maximum Gasteiger partial charge on any atom is 0.335 e. The van der Waals surface area contributed by atoms with Gasteiger partial charge in [0.15, 0.2) is 23.3 Å². The van der Waals surface area contributed by atoms with Gasteiger partial charge in [0.2, 0.25) is 0 Å². The first-order valence-corrected chi connectivity index (χ1v) is 7.53. The summed E-state index contributed by atoms with van der Waals surface area (Å²) in [7, 11) is 0. The third-order valence-corrected chi connectivity index (χ3v) is 4.05. The Morgan fingerprint density at radius 2 is 1.96 bits per heavy atom. The third-order valence-electron chi connectivity index (χ3n) is 4.05. The number of halogens is 1. The summed E-state index contributed by atoms with van der Waals surface area (Å²) in [6.45, 7) is 2.00. The molecule has 1 aliphatic rings. The molecule has 2 N–H and O–H groups in total. The SMILES string of the molecule is CCC(Oc1ccccc1F)C(=O)N1CCC(O)(C(=O)O)CC1. The zero-order valence-corrected chi connectivity index (χ0v) is 12.9. The Labute approximate surface area is 133 Å². The Morgan fingerprint density at radius 3 is 2.48 bits per heavy atom. The van der Waals surface area contributed by atoms with Crippen LogP contribution in [0.25, 0.3) is 0 Å². The molecule has 1 amide bonds. The van der Waals surface area contributed by atoms with E-state index in [1.54, 1.807) is 13.0 Å². The van der Waals surface area contributed by atoms with Crippen LogP contribution in [0.5, 0.6) is 5.75 Å². The summed E-state index contributed by atoms with van der Waals surface area (Å²) in [6.07, 6.45) is -0.565. The molecule has 0 spiro atoms. The largest absolute Gasteiger partial charge is 0.479 e. The number of carbonyl (C=O) groups is 2. The van der Waals surface area contributed by atoms with Crippen molar-refractivity contribution in [2.75, 3.05) is 13.1 Å². The fraction of sp³-hybridized carbons (Fsp3) is 0.500. The Kier molecular flexibility index (Phi) is 5.20. The summed E-state index contributed by atoms with van der Waals surface area (Å²) < 4.78 is 19.1. The molecule has 1 saturated heterocycles. The second kappa shape index (κ2) is 6.95. The number of benzene rings is 1. The first kappa shape index (κ1) is 17.2. The Morgan fingerprint density at radius 1 is 1.35 bits per heavy atom. The van der Waals surface area contributed by atoms with Crippen LogP contribution >= 0.6 is 0 Å². The van der Waals surface area contributed by atoms with Crippen molar-refractivity contribution >= 4 is 11.9 Å². The van der Waals surface area contributed by atoms with Gasteiger partial charge in [-0.1, -0.05) is 19.1 Å². The molecule has 1 fully saturated rings. The van der Waals surface area contributed by atoms with E-state index in [-0.39, 0.29) is 37.6 Å². The number of hydrogen-bond donors (Lipinski definition) is 2. The fourth-order valence-electron chi connectivity index (χ4n) is 2.52. The molecule has 0 aromatic heterocycles. The molecule has 7 heteroatoms. The van der Waals surface area contributed by atoms with E-state index in [4.69, 9.17) is 9.84 Å². The Bertz CT molecular complexity index is 584. The maximum absolute atomic E-state index is 13.6. The molecule has 1 heterocycles. The molecule has 1 unspecified atom stereocenters. The lowest BCUT2D eigenvalue weighted by atomic mass is 9.91. The van der Waals surface area contributed by atoms with Crippen LogP contribution in [0.4, 0.5) is 4.39 Å². The number of carboxylic acids is 1. The number of para-hydroxylation sites is 1. The van der Waals surface area contributed by atoms with Crippen LogP contribution in [0.15, 0.2) is 24.3 Å². The number of carboxylic acid groups (broad SMARTS) is 1. The number of rotatable bonds is 5. The highest BCUT2D eigenvalue weighted by molar-refractivity contribution is 5.82. The smallest absolute Gasteiger partial charge is 0.335 e. The maximum atomic E-state index is 13.6. The molecule has 1 aromatic rings. The van der Waals surface area contributed by atoms with E-state index in [2.05, 4.69) is 0 Å². The third kappa shape index (κ3) is 3.79. The van der Waals surface area contributed by atoms with Gasteiger partial charge < -0.3 is 19.8 Å². The summed E-state index contributed by atoms with van der Waals surface area (Å²) >= 11 is 0. The van der Waals surface area contributed by atoms with Crippen LogP contribution in [-0.2, 0) is 9.59 Å². The predicted octanol–water partition coefficient (Wildman–Crippen LogP) is 1.42. The van der Waals surface area contributed by atoms with Crippen molar-refractivity contribution in [3.8, 4) is 5.75 Å². The van der Waals surface area contributed by atoms with E-state index in [1.807, 2.05) is 0 Å². The summed E-state index contributed by atoms with van der Waals surface area (Å²) in [6, 6.07) is 5.84. The van der Waals surface area contributed by atoms with Crippen LogP contribution in [0.2, 0.25) is 0 Å². The van der Waals surface area contributed by atoms with Gasteiger partial charge in [-0.2, -0.15) is 0 Å². The standard InChI is InChI=1S/C16H20FNO5/c1-2-12(23-13-6-4-3-5-11(13)17)14(19)18-9-7-16(22,8-10-18)15(20)21/h3-6,12,22H,2,7-10H2,1H3,(H,20,21). The van der Waals surface area contributed by atoms with Gasteiger partial charge in [-0.25, -0.2) is 9.18 Å². The van der Waals surface area contributed by atoms with Crippen molar-refractivity contribution in [1.29, 1.82) is 0 Å². The Balaban J connectivity index is 2.01. The lowest BCUT2D eigenvalue weighted by Crippen LogP contribution is -2.53. The van der Waals surface area contributed by atoms with Gasteiger partial charge in [0.05, 0.1) is 0 Å². The molecule has 6 nitrogen and oxygen atoms in total. The van der Waals surface area contributed by atoms with Gasteiger partial charge in [-0.3, -0.25) is 4.79 Å². The lowest BCUT2D eigenvalue weighted by molar-refractivity contribution is -0.166. The van der Waals surface area contributed by atoms with Gasteiger partial charge in [0.25, 0.3) is 5.91 Å². The average molecular weight is 325 g/mol. The summed E-state index contributed by atoms with van der Waals surface area (Å²) in [4.78, 5) is 24.9. The quantitative estimate of drug-likeness (QED) is 0.855. The number of nitrogens with zero attached hydrogens (tertiary/aromatic N) is 1. The van der Waals surface area contributed by atoms with Crippen LogP contribution in [-0.4, -0.2) is 51.8 Å². The molecular formula is C16H20FNO5. The number of ether oxygens (including phenoxy) is 1. The molecular weight excluding hydrogens is 305 g/mol. The minimum atomic E-state index is -1.79. The second-order valence-electron chi connectivity index (χ2n) is 5.61. The van der Waals surface area contributed by atoms with Crippen LogP contribution < -0.4 is 4.74 Å².